The molecular weight excluding hydrogens is 160 g/mol. The number of piperidine rings is 1. The van der Waals surface area contributed by atoms with Crippen LogP contribution in [0.4, 0.5) is 0 Å². The fraction of sp³-hybridized carbons (Fsp3) is 0.714. The summed E-state index contributed by atoms with van der Waals surface area (Å²) in [6, 6.07) is 0. The summed E-state index contributed by atoms with van der Waals surface area (Å²) in [5.41, 5.74) is 4.55. The number of methoxy groups -OCH3 is 1. The molecule has 0 aliphatic carbocycles. The Morgan fingerprint density at radius 3 is 2.92 bits per heavy atom. The van der Waals surface area contributed by atoms with E-state index in [9.17, 15) is 9.59 Å². The third-order valence-electron chi connectivity index (χ3n) is 1.96. The third-order valence-corrected chi connectivity index (χ3v) is 1.96. The van der Waals surface area contributed by atoms with E-state index in [0.717, 1.165) is 0 Å². The largest absolute Gasteiger partial charge is 0.468 e. The fourth-order valence-corrected chi connectivity index (χ4v) is 1.24. The zero-order valence-corrected chi connectivity index (χ0v) is 6.92. The van der Waals surface area contributed by atoms with E-state index in [1.54, 1.807) is 0 Å². The second-order valence-electron chi connectivity index (χ2n) is 2.92. The first kappa shape index (κ1) is 8.99. The van der Waals surface area contributed by atoms with E-state index < -0.39 is 11.5 Å². The average molecular weight is 172 g/mol. The Balaban J connectivity index is 2.69. The lowest BCUT2D eigenvalue weighted by Gasteiger charge is -2.29. The van der Waals surface area contributed by atoms with Gasteiger partial charge >= 0.3 is 5.97 Å². The van der Waals surface area contributed by atoms with Gasteiger partial charge in [-0.25, -0.2) is 0 Å². The summed E-state index contributed by atoms with van der Waals surface area (Å²) in [6.45, 7) is 0.435. The number of amides is 1. The predicted molar refractivity (Wildman–Crippen MR) is 41.2 cm³/mol. The lowest BCUT2D eigenvalue weighted by Crippen LogP contribution is -2.57. The van der Waals surface area contributed by atoms with Crippen LogP contribution in [-0.2, 0) is 14.3 Å². The molecule has 0 aromatic rings. The normalized spacial score (nSPS) is 29.3. The first-order chi connectivity index (χ1) is 5.58. The van der Waals surface area contributed by atoms with Gasteiger partial charge in [0.25, 0.3) is 0 Å². The maximum absolute atomic E-state index is 11.1. The first-order valence-corrected chi connectivity index (χ1v) is 3.72. The number of hydrogen-bond acceptors (Lipinski definition) is 4. The van der Waals surface area contributed by atoms with E-state index >= 15 is 0 Å². The van der Waals surface area contributed by atoms with Gasteiger partial charge in [0.1, 0.15) is 5.54 Å². The molecule has 0 aromatic carbocycles. The van der Waals surface area contributed by atoms with Gasteiger partial charge in [-0.3, -0.25) is 9.59 Å². The number of esters is 1. The standard InChI is InChI=1S/C7H12N2O3/c1-12-6(11)7(8)2-3-9-5(10)4-7/h2-4,8H2,1H3,(H,9,10). The van der Waals surface area contributed by atoms with Crippen molar-refractivity contribution in [3.63, 3.8) is 0 Å². The van der Waals surface area contributed by atoms with Crippen LogP contribution in [0.15, 0.2) is 0 Å². The van der Waals surface area contributed by atoms with Crippen LogP contribution in [-0.4, -0.2) is 31.1 Å². The summed E-state index contributed by atoms with van der Waals surface area (Å²) in [7, 11) is 1.27. The highest BCUT2D eigenvalue weighted by Gasteiger charge is 2.39. The van der Waals surface area contributed by atoms with Gasteiger partial charge in [-0.05, 0) is 6.42 Å². The van der Waals surface area contributed by atoms with E-state index in [1.165, 1.54) is 7.11 Å². The monoisotopic (exact) mass is 172 g/mol. The zero-order valence-electron chi connectivity index (χ0n) is 6.92. The molecule has 1 fully saturated rings. The highest BCUT2D eigenvalue weighted by Crippen LogP contribution is 2.16. The molecule has 68 valence electrons. The predicted octanol–water partition coefficient (Wildman–Crippen LogP) is -1.23. The van der Waals surface area contributed by atoms with Crippen LogP contribution in [0.25, 0.3) is 0 Å². The molecule has 1 saturated heterocycles. The lowest BCUT2D eigenvalue weighted by atomic mass is 9.89. The molecule has 5 heteroatoms. The molecule has 0 spiro atoms. The van der Waals surface area contributed by atoms with Gasteiger partial charge in [0.05, 0.1) is 13.5 Å². The van der Waals surface area contributed by atoms with Crippen LogP contribution in [0.2, 0.25) is 0 Å². The maximum atomic E-state index is 11.1. The highest BCUT2D eigenvalue weighted by molar-refractivity contribution is 5.89. The quantitative estimate of drug-likeness (QED) is 0.485. The Hall–Kier alpha value is -1.10. The van der Waals surface area contributed by atoms with E-state index in [1.807, 2.05) is 0 Å². The first-order valence-electron chi connectivity index (χ1n) is 3.72. The smallest absolute Gasteiger partial charge is 0.326 e. The molecule has 1 amide bonds. The van der Waals surface area contributed by atoms with Gasteiger partial charge in [-0.15, -0.1) is 0 Å². The van der Waals surface area contributed by atoms with Gasteiger partial charge in [0.15, 0.2) is 0 Å². The van der Waals surface area contributed by atoms with Crippen molar-refractivity contribution in [2.24, 2.45) is 5.73 Å². The van der Waals surface area contributed by atoms with Crippen molar-refractivity contribution in [2.45, 2.75) is 18.4 Å². The summed E-state index contributed by atoms with van der Waals surface area (Å²) in [5, 5.41) is 2.59. The number of carbonyl (C=O) groups is 2. The van der Waals surface area contributed by atoms with Crippen molar-refractivity contribution in [1.29, 1.82) is 0 Å². The van der Waals surface area contributed by atoms with Crippen molar-refractivity contribution >= 4 is 11.9 Å². The number of nitrogens with two attached hydrogens (primary N) is 1. The maximum Gasteiger partial charge on any atom is 0.326 e. The van der Waals surface area contributed by atoms with Gasteiger partial charge < -0.3 is 15.8 Å². The van der Waals surface area contributed by atoms with Crippen LogP contribution < -0.4 is 11.1 Å². The molecule has 1 aliphatic heterocycles. The third kappa shape index (κ3) is 1.55. The number of rotatable bonds is 1. The van der Waals surface area contributed by atoms with Crippen LogP contribution in [0.1, 0.15) is 12.8 Å². The minimum absolute atomic E-state index is 0.0136. The van der Waals surface area contributed by atoms with E-state index in [4.69, 9.17) is 5.73 Å². The van der Waals surface area contributed by atoms with E-state index in [0.29, 0.717) is 13.0 Å². The molecule has 1 heterocycles. The molecule has 0 aromatic heterocycles. The van der Waals surface area contributed by atoms with Gasteiger partial charge in [0.2, 0.25) is 5.91 Å². The Morgan fingerprint density at radius 1 is 1.75 bits per heavy atom. The van der Waals surface area contributed by atoms with Gasteiger partial charge in [-0.1, -0.05) is 0 Å². The summed E-state index contributed by atoms with van der Waals surface area (Å²) in [4.78, 5) is 22.0. The molecule has 1 aliphatic rings. The Morgan fingerprint density at radius 2 is 2.42 bits per heavy atom. The fourth-order valence-electron chi connectivity index (χ4n) is 1.24. The summed E-state index contributed by atoms with van der Waals surface area (Å²) >= 11 is 0. The van der Waals surface area contributed by atoms with Crippen molar-refractivity contribution < 1.29 is 14.3 Å². The Bertz CT molecular complexity index is 217. The zero-order chi connectivity index (χ0) is 9.19. The second-order valence-corrected chi connectivity index (χ2v) is 2.92. The average Bonchev–Trinajstić information content (AvgIpc) is 2.02. The number of nitrogens with one attached hydrogen (secondary N) is 1. The van der Waals surface area contributed by atoms with Crippen molar-refractivity contribution in [3.05, 3.63) is 0 Å². The SMILES string of the molecule is COC(=O)C1(N)CCNC(=O)C1. The van der Waals surface area contributed by atoms with Crippen LogP contribution in [0.5, 0.6) is 0 Å². The van der Waals surface area contributed by atoms with Crippen molar-refractivity contribution in [1.82, 2.24) is 5.32 Å². The molecule has 0 saturated carbocycles. The molecule has 5 nitrogen and oxygen atoms in total. The molecule has 0 radical (unpaired) electrons. The van der Waals surface area contributed by atoms with Crippen molar-refractivity contribution in [2.75, 3.05) is 13.7 Å². The Kier molecular flexibility index (Phi) is 2.32. The van der Waals surface area contributed by atoms with Crippen LogP contribution in [0.3, 0.4) is 0 Å². The number of ether oxygens (including phenoxy) is 1. The molecule has 12 heavy (non-hydrogen) atoms. The van der Waals surface area contributed by atoms with Crippen LogP contribution in [0, 0.1) is 0 Å². The molecular formula is C7H12N2O3. The van der Waals surface area contributed by atoms with Crippen molar-refractivity contribution in [3.8, 4) is 0 Å². The molecule has 1 rings (SSSR count). The Labute approximate surface area is 70.2 Å². The van der Waals surface area contributed by atoms with Gasteiger partial charge in [-0.2, -0.15) is 0 Å². The topological polar surface area (TPSA) is 81.4 Å². The molecule has 3 N–H and O–H groups in total. The number of hydrogen-bond donors (Lipinski definition) is 2. The van der Waals surface area contributed by atoms with Gasteiger partial charge in [0, 0.05) is 6.54 Å². The summed E-state index contributed by atoms with van der Waals surface area (Å²) in [5.74, 6) is -0.716. The molecule has 0 bridgehead atoms. The van der Waals surface area contributed by atoms with E-state index in [2.05, 4.69) is 10.1 Å². The molecule has 1 atom stereocenters. The minimum atomic E-state index is -1.11. The molecule has 1 unspecified atom stereocenters. The van der Waals surface area contributed by atoms with E-state index in [-0.39, 0.29) is 12.3 Å². The lowest BCUT2D eigenvalue weighted by molar-refractivity contribution is -0.150. The highest BCUT2D eigenvalue weighted by atomic mass is 16.5. The minimum Gasteiger partial charge on any atom is -0.468 e. The summed E-state index contributed by atoms with van der Waals surface area (Å²) in [6.07, 6.45) is 0.449. The number of carbonyl (C=O) groups excluding carboxylic acids is 2. The summed E-state index contributed by atoms with van der Waals surface area (Å²) < 4.78 is 4.50. The second kappa shape index (κ2) is 3.10. The van der Waals surface area contributed by atoms with Crippen LogP contribution >= 0.6 is 0 Å².